The molecule has 0 spiro atoms. The van der Waals surface area contributed by atoms with Crippen molar-refractivity contribution in [3.05, 3.63) is 72.8 Å². The molecule has 0 aliphatic carbocycles. The molecular weight excluding hydrogens is 396 g/mol. The molecule has 7 heteroatoms. The number of carbonyl (C=O) groups excluding carboxylic acids is 1. The molecule has 1 amide bonds. The first-order valence-corrected chi connectivity index (χ1v) is 10.9. The predicted molar refractivity (Wildman–Crippen MR) is 120 cm³/mol. The molecule has 154 valence electrons. The molecule has 0 saturated carbocycles. The maximum atomic E-state index is 13.1. The maximum Gasteiger partial charge on any atom is 0.266 e. The fourth-order valence-electron chi connectivity index (χ4n) is 3.19. The van der Waals surface area contributed by atoms with Gasteiger partial charge in [-0.3, -0.25) is 9.69 Å². The van der Waals surface area contributed by atoms with Gasteiger partial charge in [-0.1, -0.05) is 42.5 Å². The van der Waals surface area contributed by atoms with Gasteiger partial charge in [0.05, 0.1) is 16.5 Å². The highest BCUT2D eigenvalue weighted by molar-refractivity contribution is 7.22. The molecule has 2 heterocycles. The van der Waals surface area contributed by atoms with Crippen molar-refractivity contribution in [2.24, 2.45) is 0 Å². The van der Waals surface area contributed by atoms with Crippen molar-refractivity contribution < 1.29 is 9.53 Å². The van der Waals surface area contributed by atoms with E-state index in [1.807, 2.05) is 47.2 Å². The largest absolute Gasteiger partial charge is 0.484 e. The quantitative estimate of drug-likeness (QED) is 0.398. The van der Waals surface area contributed by atoms with E-state index in [2.05, 4.69) is 24.0 Å². The van der Waals surface area contributed by atoms with Gasteiger partial charge in [0.25, 0.3) is 5.91 Å². The van der Waals surface area contributed by atoms with Crippen LogP contribution in [0.3, 0.4) is 0 Å². The van der Waals surface area contributed by atoms with Gasteiger partial charge < -0.3 is 9.30 Å². The maximum absolute atomic E-state index is 13.1. The highest BCUT2D eigenvalue weighted by Gasteiger charge is 2.20. The van der Waals surface area contributed by atoms with E-state index in [-0.39, 0.29) is 12.5 Å². The van der Waals surface area contributed by atoms with Crippen LogP contribution in [0.4, 0.5) is 5.13 Å². The van der Waals surface area contributed by atoms with E-state index in [4.69, 9.17) is 9.72 Å². The summed E-state index contributed by atoms with van der Waals surface area (Å²) in [7, 11) is 0. The molecule has 30 heavy (non-hydrogen) atoms. The van der Waals surface area contributed by atoms with Crippen LogP contribution in [0, 0.1) is 0 Å². The summed E-state index contributed by atoms with van der Waals surface area (Å²) in [5.41, 5.74) is 2.19. The summed E-state index contributed by atoms with van der Waals surface area (Å²) < 4.78 is 8.81. The number of rotatable bonds is 9. The zero-order chi connectivity index (χ0) is 20.8. The zero-order valence-corrected chi connectivity index (χ0v) is 17.7. The van der Waals surface area contributed by atoms with Gasteiger partial charge in [0.2, 0.25) is 0 Å². The van der Waals surface area contributed by atoms with Crippen molar-refractivity contribution in [3.63, 3.8) is 0 Å². The molecule has 0 fully saturated rings. The minimum atomic E-state index is -0.0979. The number of thiazole rings is 1. The summed E-state index contributed by atoms with van der Waals surface area (Å²) in [5.74, 6) is 0.584. The second-order valence-corrected chi connectivity index (χ2v) is 7.96. The van der Waals surface area contributed by atoms with Crippen LogP contribution in [0.5, 0.6) is 5.75 Å². The topological polar surface area (TPSA) is 60.2 Å². The van der Waals surface area contributed by atoms with Crippen LogP contribution in [0.1, 0.15) is 18.9 Å². The van der Waals surface area contributed by atoms with E-state index < -0.39 is 0 Å². The summed E-state index contributed by atoms with van der Waals surface area (Å²) in [4.78, 5) is 23.6. The molecule has 0 radical (unpaired) electrons. The number of hydrogen-bond donors (Lipinski definition) is 0. The van der Waals surface area contributed by atoms with Crippen molar-refractivity contribution in [2.75, 3.05) is 18.1 Å². The summed E-state index contributed by atoms with van der Waals surface area (Å²) in [5, 5.41) is 0.713. The van der Waals surface area contributed by atoms with Crippen molar-refractivity contribution in [2.45, 2.75) is 26.3 Å². The van der Waals surface area contributed by atoms with E-state index in [1.165, 1.54) is 5.56 Å². The third-order valence-corrected chi connectivity index (χ3v) is 5.89. The Bertz CT molecular complexity index is 1090. The normalized spacial score (nSPS) is 11.0. The number of imidazole rings is 1. The lowest BCUT2D eigenvalue weighted by Gasteiger charge is -2.20. The average Bonchev–Trinajstić information content (AvgIpc) is 3.44. The highest BCUT2D eigenvalue weighted by Crippen LogP contribution is 2.30. The van der Waals surface area contributed by atoms with Crippen molar-refractivity contribution in [1.29, 1.82) is 0 Å². The smallest absolute Gasteiger partial charge is 0.266 e. The number of aryl methyl sites for hydroxylation is 2. The van der Waals surface area contributed by atoms with Gasteiger partial charge in [-0.05, 0) is 42.7 Å². The standard InChI is InChI=1S/C23H24N4O2S/c1-2-18-9-10-20-21(15-18)30-23(25-20)27(13-6-12-26-14-11-24-17-26)22(28)16-29-19-7-4-3-5-8-19/h3-5,7-11,14-15,17H,2,6,12-13,16H2,1H3. The second-order valence-electron chi connectivity index (χ2n) is 6.95. The lowest BCUT2D eigenvalue weighted by Crippen LogP contribution is -2.36. The number of fused-ring (bicyclic) bond motifs is 1. The molecule has 0 saturated heterocycles. The van der Waals surface area contributed by atoms with Gasteiger partial charge in [-0.2, -0.15) is 0 Å². The summed E-state index contributed by atoms with van der Waals surface area (Å²) >= 11 is 1.55. The summed E-state index contributed by atoms with van der Waals surface area (Å²) in [6.07, 6.45) is 7.24. The van der Waals surface area contributed by atoms with Crippen LogP contribution in [-0.4, -0.2) is 33.6 Å². The Labute approximate surface area is 179 Å². The van der Waals surface area contributed by atoms with Crippen LogP contribution in [0.25, 0.3) is 10.2 Å². The van der Waals surface area contributed by atoms with Crippen LogP contribution in [0.2, 0.25) is 0 Å². The average molecular weight is 421 g/mol. The minimum Gasteiger partial charge on any atom is -0.484 e. The summed E-state index contributed by atoms with van der Waals surface area (Å²) in [6, 6.07) is 15.7. The Morgan fingerprint density at radius 2 is 2.07 bits per heavy atom. The third kappa shape index (κ3) is 4.86. The van der Waals surface area contributed by atoms with Crippen molar-refractivity contribution >= 4 is 32.6 Å². The molecule has 0 bridgehead atoms. The Kier molecular flexibility index (Phi) is 6.39. The number of anilines is 1. The van der Waals surface area contributed by atoms with Crippen LogP contribution in [-0.2, 0) is 17.8 Å². The first-order valence-electron chi connectivity index (χ1n) is 10.1. The molecule has 2 aromatic carbocycles. The van der Waals surface area contributed by atoms with E-state index in [0.29, 0.717) is 17.4 Å². The van der Waals surface area contributed by atoms with Gasteiger partial charge >= 0.3 is 0 Å². The molecule has 4 rings (SSSR count). The van der Waals surface area contributed by atoms with Crippen molar-refractivity contribution in [1.82, 2.24) is 14.5 Å². The Hall–Kier alpha value is -3.19. The molecule has 0 unspecified atom stereocenters. The highest BCUT2D eigenvalue weighted by atomic mass is 32.1. The number of benzene rings is 2. The molecule has 0 atom stereocenters. The lowest BCUT2D eigenvalue weighted by molar-refractivity contribution is -0.120. The Morgan fingerprint density at radius 3 is 2.83 bits per heavy atom. The molecule has 0 aliphatic heterocycles. The fourth-order valence-corrected chi connectivity index (χ4v) is 4.26. The van der Waals surface area contributed by atoms with E-state index >= 15 is 0 Å². The fraction of sp³-hybridized carbons (Fsp3) is 0.261. The van der Waals surface area contributed by atoms with Gasteiger partial charge in [-0.25, -0.2) is 9.97 Å². The molecule has 6 nitrogen and oxygen atoms in total. The monoisotopic (exact) mass is 420 g/mol. The first-order chi connectivity index (χ1) is 14.7. The number of hydrogen-bond acceptors (Lipinski definition) is 5. The SMILES string of the molecule is CCc1ccc2nc(N(CCCn3ccnc3)C(=O)COc3ccccc3)sc2c1. The van der Waals surface area contributed by atoms with Crippen LogP contribution in [0.15, 0.2) is 67.3 Å². The lowest BCUT2D eigenvalue weighted by atomic mass is 10.2. The molecule has 4 aromatic rings. The van der Waals surface area contributed by atoms with Crippen molar-refractivity contribution in [3.8, 4) is 5.75 Å². The number of para-hydroxylation sites is 1. The van der Waals surface area contributed by atoms with Gasteiger partial charge in [-0.15, -0.1) is 0 Å². The third-order valence-electron chi connectivity index (χ3n) is 4.84. The Balaban J connectivity index is 1.51. The van der Waals surface area contributed by atoms with Gasteiger partial charge in [0, 0.05) is 25.5 Å². The molecule has 0 aliphatic rings. The predicted octanol–water partition coefficient (Wildman–Crippen LogP) is 4.56. The first kappa shape index (κ1) is 20.1. The molecule has 2 aromatic heterocycles. The van der Waals surface area contributed by atoms with Gasteiger partial charge in [0.15, 0.2) is 11.7 Å². The molecule has 0 N–H and O–H groups in total. The zero-order valence-electron chi connectivity index (χ0n) is 16.9. The van der Waals surface area contributed by atoms with E-state index in [9.17, 15) is 4.79 Å². The number of aromatic nitrogens is 3. The second kappa shape index (κ2) is 9.54. The van der Waals surface area contributed by atoms with Crippen LogP contribution >= 0.6 is 11.3 Å². The number of ether oxygens (including phenoxy) is 1. The number of amides is 1. The van der Waals surface area contributed by atoms with E-state index in [1.54, 1.807) is 28.8 Å². The number of carbonyl (C=O) groups is 1. The molecular formula is C23H24N4O2S. The van der Waals surface area contributed by atoms with Gasteiger partial charge in [0.1, 0.15) is 5.75 Å². The number of nitrogens with zero attached hydrogens (tertiary/aromatic N) is 4. The van der Waals surface area contributed by atoms with Crippen LogP contribution < -0.4 is 9.64 Å². The summed E-state index contributed by atoms with van der Waals surface area (Å²) in [6.45, 7) is 3.46. The minimum absolute atomic E-state index is 0.0226. The Morgan fingerprint density at radius 1 is 1.20 bits per heavy atom. The van der Waals surface area contributed by atoms with E-state index in [0.717, 1.165) is 29.6 Å².